The molecule has 2 fully saturated rings. The highest BCUT2D eigenvalue weighted by molar-refractivity contribution is 5.92. The number of hydrogen-bond acceptors (Lipinski definition) is 6. The van der Waals surface area contributed by atoms with Gasteiger partial charge in [0.05, 0.1) is 35.5 Å². The summed E-state index contributed by atoms with van der Waals surface area (Å²) in [5.41, 5.74) is 10.2. The zero-order valence-corrected chi connectivity index (χ0v) is 18.0. The van der Waals surface area contributed by atoms with Crippen LogP contribution in [0.1, 0.15) is 19.3 Å². The van der Waals surface area contributed by atoms with Crippen molar-refractivity contribution in [1.82, 2.24) is 14.5 Å². The van der Waals surface area contributed by atoms with Gasteiger partial charge in [0.1, 0.15) is 24.0 Å². The number of anilines is 1. The summed E-state index contributed by atoms with van der Waals surface area (Å²) >= 11 is 0. The summed E-state index contributed by atoms with van der Waals surface area (Å²) in [6.45, 7) is 3.35. The van der Waals surface area contributed by atoms with Crippen molar-refractivity contribution < 1.29 is 9.47 Å². The van der Waals surface area contributed by atoms with Crippen molar-refractivity contribution in [2.24, 2.45) is 5.73 Å². The Morgan fingerprint density at radius 1 is 1.03 bits per heavy atom. The molecule has 7 nitrogen and oxygen atoms in total. The second-order valence-electron chi connectivity index (χ2n) is 8.71. The summed E-state index contributed by atoms with van der Waals surface area (Å²) in [4.78, 5) is 12.1. The lowest BCUT2D eigenvalue weighted by Crippen LogP contribution is -2.39. The van der Waals surface area contributed by atoms with E-state index in [9.17, 15) is 0 Å². The molecule has 1 atom stereocenters. The van der Waals surface area contributed by atoms with E-state index in [1.54, 1.807) is 0 Å². The van der Waals surface area contributed by atoms with E-state index in [1.807, 2.05) is 23.0 Å². The van der Waals surface area contributed by atoms with E-state index in [0.717, 1.165) is 72.5 Å². The second-order valence-corrected chi connectivity index (χ2v) is 8.71. The van der Waals surface area contributed by atoms with E-state index in [0.29, 0.717) is 12.6 Å². The van der Waals surface area contributed by atoms with Gasteiger partial charge in [-0.1, -0.05) is 12.1 Å². The number of piperidine rings is 1. The minimum absolute atomic E-state index is 0.124. The first kappa shape index (κ1) is 19.5. The van der Waals surface area contributed by atoms with Gasteiger partial charge in [-0.05, 0) is 43.2 Å². The SMILES string of the molecule is NC1CCN(c2cccc3ccc(-n4cnc5cc(OC6CCOC6)ccc54)nc23)CC1. The van der Waals surface area contributed by atoms with E-state index in [1.165, 1.54) is 5.69 Å². The van der Waals surface area contributed by atoms with Gasteiger partial charge in [0.25, 0.3) is 0 Å². The maximum Gasteiger partial charge on any atom is 0.139 e. The predicted octanol–water partition coefficient (Wildman–Crippen LogP) is 3.67. The molecule has 2 saturated heterocycles. The molecule has 0 bridgehead atoms. The molecule has 1 unspecified atom stereocenters. The normalized spacial score (nSPS) is 19.8. The molecule has 2 aliphatic rings. The average Bonchev–Trinajstić information content (AvgIpc) is 3.49. The van der Waals surface area contributed by atoms with Crippen LogP contribution in [0.3, 0.4) is 0 Å². The van der Waals surface area contributed by atoms with Gasteiger partial charge in [0.2, 0.25) is 0 Å². The number of nitrogens with zero attached hydrogens (tertiary/aromatic N) is 4. The van der Waals surface area contributed by atoms with Crippen molar-refractivity contribution >= 4 is 27.6 Å². The maximum atomic E-state index is 6.12. The van der Waals surface area contributed by atoms with Gasteiger partial charge in [-0.3, -0.25) is 4.57 Å². The molecule has 6 rings (SSSR count). The van der Waals surface area contributed by atoms with Gasteiger partial charge >= 0.3 is 0 Å². The van der Waals surface area contributed by atoms with Crippen LogP contribution in [-0.2, 0) is 4.74 Å². The number of hydrogen-bond donors (Lipinski definition) is 1. The Morgan fingerprint density at radius 3 is 2.78 bits per heavy atom. The summed E-state index contributed by atoms with van der Waals surface area (Å²) in [5.74, 6) is 1.69. The van der Waals surface area contributed by atoms with Crippen molar-refractivity contribution in [2.45, 2.75) is 31.4 Å². The smallest absolute Gasteiger partial charge is 0.139 e. The van der Waals surface area contributed by atoms with Crippen molar-refractivity contribution in [3.63, 3.8) is 0 Å². The summed E-state index contributed by atoms with van der Waals surface area (Å²) in [5, 5.41) is 1.14. The highest BCUT2D eigenvalue weighted by Gasteiger charge is 2.20. The lowest BCUT2D eigenvalue weighted by Gasteiger charge is -2.32. The standard InChI is InChI=1S/C25H27N5O2/c26-18-8-11-29(12-9-18)23-3-1-2-17-4-7-24(28-25(17)23)30-16-27-21-14-19(5-6-22(21)30)32-20-10-13-31-15-20/h1-7,14,16,18,20H,8-13,15,26H2. The number of rotatable bonds is 4. The molecular weight excluding hydrogens is 402 g/mol. The van der Waals surface area contributed by atoms with Gasteiger partial charge in [0.15, 0.2) is 0 Å². The van der Waals surface area contributed by atoms with Crippen LogP contribution in [0.15, 0.2) is 54.9 Å². The first-order valence-electron chi connectivity index (χ1n) is 11.4. The summed E-state index contributed by atoms with van der Waals surface area (Å²) < 4.78 is 13.5. The zero-order valence-electron chi connectivity index (χ0n) is 18.0. The van der Waals surface area contributed by atoms with Crippen LogP contribution in [0.5, 0.6) is 5.75 Å². The van der Waals surface area contributed by atoms with Crippen LogP contribution in [-0.4, -0.2) is 53.0 Å². The van der Waals surface area contributed by atoms with E-state index < -0.39 is 0 Å². The van der Waals surface area contributed by atoms with E-state index >= 15 is 0 Å². The fourth-order valence-corrected chi connectivity index (χ4v) is 4.70. The molecule has 0 aliphatic carbocycles. The molecule has 164 valence electrons. The molecule has 7 heteroatoms. The Balaban J connectivity index is 1.35. The predicted molar refractivity (Wildman–Crippen MR) is 126 cm³/mol. The van der Waals surface area contributed by atoms with Crippen molar-refractivity contribution in [1.29, 1.82) is 0 Å². The van der Waals surface area contributed by atoms with Crippen LogP contribution < -0.4 is 15.4 Å². The summed E-state index contributed by atoms with van der Waals surface area (Å²) in [7, 11) is 0. The Kier molecular flexibility index (Phi) is 4.92. The largest absolute Gasteiger partial charge is 0.488 e. The highest BCUT2D eigenvalue weighted by Crippen LogP contribution is 2.30. The number of pyridine rings is 1. The van der Waals surface area contributed by atoms with Gasteiger partial charge in [0, 0.05) is 37.0 Å². The minimum atomic E-state index is 0.124. The van der Waals surface area contributed by atoms with Gasteiger partial charge in [-0.2, -0.15) is 0 Å². The minimum Gasteiger partial charge on any atom is -0.488 e. The number of nitrogens with two attached hydrogens (primary N) is 1. The summed E-state index contributed by atoms with van der Waals surface area (Å²) in [6, 6.07) is 16.9. The number of aromatic nitrogens is 3. The molecule has 2 aromatic heterocycles. The maximum absolute atomic E-state index is 6.12. The Hall–Kier alpha value is -3.16. The first-order valence-corrected chi connectivity index (χ1v) is 11.4. The number of ether oxygens (including phenoxy) is 2. The Bertz CT molecular complexity index is 1260. The van der Waals surface area contributed by atoms with Crippen molar-refractivity contribution in [2.75, 3.05) is 31.2 Å². The Labute approximate surface area is 186 Å². The third-order valence-electron chi connectivity index (χ3n) is 6.52. The number of imidazole rings is 1. The Morgan fingerprint density at radius 2 is 1.94 bits per heavy atom. The lowest BCUT2D eigenvalue weighted by molar-refractivity contribution is 0.141. The molecule has 4 aromatic rings. The van der Waals surface area contributed by atoms with Crippen LogP contribution in [0, 0.1) is 0 Å². The van der Waals surface area contributed by atoms with E-state index in [2.05, 4.69) is 46.3 Å². The molecule has 0 amide bonds. The zero-order chi connectivity index (χ0) is 21.5. The van der Waals surface area contributed by atoms with Gasteiger partial charge < -0.3 is 20.1 Å². The number of para-hydroxylation sites is 1. The third-order valence-corrected chi connectivity index (χ3v) is 6.52. The molecular formula is C25H27N5O2. The fourth-order valence-electron chi connectivity index (χ4n) is 4.70. The van der Waals surface area contributed by atoms with Crippen molar-refractivity contribution in [3.05, 3.63) is 54.9 Å². The third kappa shape index (κ3) is 3.57. The molecule has 0 radical (unpaired) electrons. The molecule has 2 aromatic carbocycles. The molecule has 0 spiro atoms. The van der Waals surface area contributed by atoms with Gasteiger partial charge in [-0.25, -0.2) is 9.97 Å². The van der Waals surface area contributed by atoms with Crippen LogP contribution >= 0.6 is 0 Å². The highest BCUT2D eigenvalue weighted by atomic mass is 16.5. The van der Waals surface area contributed by atoms with Crippen LogP contribution in [0.25, 0.3) is 27.8 Å². The van der Waals surface area contributed by atoms with Crippen molar-refractivity contribution in [3.8, 4) is 11.6 Å². The number of fused-ring (bicyclic) bond motifs is 2. The van der Waals surface area contributed by atoms with Crippen LogP contribution in [0.4, 0.5) is 5.69 Å². The molecule has 32 heavy (non-hydrogen) atoms. The molecule has 2 aliphatic heterocycles. The molecule has 0 saturated carbocycles. The average molecular weight is 430 g/mol. The van der Waals surface area contributed by atoms with Crippen LogP contribution in [0.2, 0.25) is 0 Å². The van der Waals surface area contributed by atoms with Gasteiger partial charge in [-0.15, -0.1) is 0 Å². The first-order chi connectivity index (χ1) is 15.7. The second kappa shape index (κ2) is 8.07. The molecule has 4 heterocycles. The van der Waals surface area contributed by atoms with E-state index in [-0.39, 0.29) is 6.10 Å². The molecule has 2 N–H and O–H groups in total. The lowest BCUT2D eigenvalue weighted by atomic mass is 10.0. The fraction of sp³-hybridized carbons (Fsp3) is 0.360. The topological polar surface area (TPSA) is 78.4 Å². The number of benzene rings is 2. The summed E-state index contributed by atoms with van der Waals surface area (Å²) in [6.07, 6.45) is 4.92. The van der Waals surface area contributed by atoms with E-state index in [4.69, 9.17) is 20.2 Å². The quantitative estimate of drug-likeness (QED) is 0.533. The monoisotopic (exact) mass is 429 g/mol.